The molecule has 0 aromatic heterocycles. The van der Waals surface area contributed by atoms with Crippen molar-refractivity contribution in [1.29, 1.82) is 0 Å². The Morgan fingerprint density at radius 3 is 2.81 bits per heavy atom. The Balaban J connectivity index is 1.87. The van der Waals surface area contributed by atoms with Crippen LogP contribution in [0.4, 0.5) is 0 Å². The van der Waals surface area contributed by atoms with Crippen molar-refractivity contribution in [2.45, 2.75) is 58.4 Å². The molecule has 21 heavy (non-hydrogen) atoms. The molecule has 1 aromatic carbocycles. The van der Waals surface area contributed by atoms with Gasteiger partial charge in [0.15, 0.2) is 0 Å². The lowest BCUT2D eigenvalue weighted by atomic mass is 9.76. The molecular weight excluding hydrogens is 258 g/mol. The van der Waals surface area contributed by atoms with E-state index in [9.17, 15) is 0 Å². The first-order valence-corrected chi connectivity index (χ1v) is 8.77. The van der Waals surface area contributed by atoms with Crippen LogP contribution >= 0.6 is 0 Å². The number of aryl methyl sites for hydroxylation is 1. The molecule has 1 saturated carbocycles. The van der Waals surface area contributed by atoms with Crippen LogP contribution in [0.1, 0.15) is 63.1 Å². The van der Waals surface area contributed by atoms with Crippen LogP contribution in [0, 0.1) is 11.8 Å². The van der Waals surface area contributed by atoms with Gasteiger partial charge in [0.2, 0.25) is 0 Å². The predicted molar refractivity (Wildman–Crippen MR) is 87.8 cm³/mol. The average molecular weight is 287 g/mol. The van der Waals surface area contributed by atoms with Crippen LogP contribution < -0.4 is 10.1 Å². The van der Waals surface area contributed by atoms with Crippen LogP contribution in [0.5, 0.6) is 5.75 Å². The smallest absolute Gasteiger partial charge is 0.127 e. The van der Waals surface area contributed by atoms with Gasteiger partial charge >= 0.3 is 0 Å². The third-order valence-electron chi connectivity index (χ3n) is 5.25. The van der Waals surface area contributed by atoms with E-state index in [1.165, 1.54) is 49.0 Å². The molecule has 1 heterocycles. The molecule has 1 N–H and O–H groups in total. The van der Waals surface area contributed by atoms with Gasteiger partial charge in [0.05, 0.1) is 6.61 Å². The molecule has 2 heteroatoms. The summed E-state index contributed by atoms with van der Waals surface area (Å²) in [6.45, 7) is 6.52. The Kier molecular flexibility index (Phi) is 4.84. The van der Waals surface area contributed by atoms with Crippen molar-refractivity contribution in [2.75, 3.05) is 13.2 Å². The van der Waals surface area contributed by atoms with Gasteiger partial charge in [0.1, 0.15) is 5.75 Å². The van der Waals surface area contributed by atoms with Gasteiger partial charge < -0.3 is 10.1 Å². The second kappa shape index (κ2) is 6.83. The Morgan fingerprint density at radius 2 is 2.05 bits per heavy atom. The zero-order valence-electron chi connectivity index (χ0n) is 13.5. The largest absolute Gasteiger partial charge is 0.493 e. The third kappa shape index (κ3) is 3.26. The molecule has 1 aliphatic heterocycles. The summed E-state index contributed by atoms with van der Waals surface area (Å²) in [6, 6.07) is 7.22. The molecule has 1 unspecified atom stereocenters. The predicted octanol–water partition coefficient (Wildman–Crippen LogP) is 4.49. The number of hydrogen-bond acceptors (Lipinski definition) is 2. The fraction of sp³-hybridized carbons (Fsp3) is 0.684. The number of benzene rings is 1. The number of para-hydroxylation sites is 1. The van der Waals surface area contributed by atoms with E-state index in [-0.39, 0.29) is 0 Å². The summed E-state index contributed by atoms with van der Waals surface area (Å²) >= 11 is 0. The molecule has 0 spiro atoms. The van der Waals surface area contributed by atoms with Gasteiger partial charge in [-0.2, -0.15) is 0 Å². The number of fused-ring (bicyclic) bond motifs is 1. The minimum absolute atomic E-state index is 0.468. The van der Waals surface area contributed by atoms with Crippen molar-refractivity contribution < 1.29 is 4.74 Å². The van der Waals surface area contributed by atoms with Crippen molar-refractivity contribution in [2.24, 2.45) is 11.8 Å². The second-order valence-corrected chi connectivity index (χ2v) is 6.84. The molecule has 1 fully saturated rings. The number of hydrogen-bond donors (Lipinski definition) is 1. The monoisotopic (exact) mass is 287 g/mol. The highest BCUT2D eigenvalue weighted by molar-refractivity contribution is 5.44. The van der Waals surface area contributed by atoms with Gasteiger partial charge in [0.25, 0.3) is 0 Å². The maximum atomic E-state index is 6.05. The van der Waals surface area contributed by atoms with Gasteiger partial charge in [-0.05, 0) is 49.6 Å². The highest BCUT2D eigenvalue weighted by Crippen LogP contribution is 2.41. The number of ether oxygens (including phenoxy) is 1. The molecule has 0 saturated heterocycles. The molecule has 1 atom stereocenters. The molecule has 0 bridgehead atoms. The van der Waals surface area contributed by atoms with Gasteiger partial charge in [0, 0.05) is 11.6 Å². The zero-order chi connectivity index (χ0) is 14.7. The van der Waals surface area contributed by atoms with E-state index < -0.39 is 0 Å². The van der Waals surface area contributed by atoms with Gasteiger partial charge in [-0.3, -0.25) is 0 Å². The molecule has 1 aliphatic carbocycles. The average Bonchev–Trinajstić information content (AvgIpc) is 2.53. The lowest BCUT2D eigenvalue weighted by Gasteiger charge is -2.35. The SMILES string of the molecule is CCNC(c1cccc2c1OCCC2)C1CCC(C)CC1. The zero-order valence-corrected chi connectivity index (χ0v) is 13.5. The van der Waals surface area contributed by atoms with Crippen LogP contribution in [0.3, 0.4) is 0 Å². The molecule has 2 nitrogen and oxygen atoms in total. The lowest BCUT2D eigenvalue weighted by molar-refractivity contribution is 0.223. The Morgan fingerprint density at radius 1 is 1.24 bits per heavy atom. The quantitative estimate of drug-likeness (QED) is 0.881. The summed E-state index contributed by atoms with van der Waals surface area (Å²) < 4.78 is 6.05. The van der Waals surface area contributed by atoms with E-state index in [1.807, 2.05) is 0 Å². The highest BCUT2D eigenvalue weighted by Gasteiger charge is 2.29. The van der Waals surface area contributed by atoms with Crippen molar-refractivity contribution in [1.82, 2.24) is 5.32 Å². The van der Waals surface area contributed by atoms with Crippen molar-refractivity contribution >= 4 is 0 Å². The van der Waals surface area contributed by atoms with E-state index in [0.29, 0.717) is 6.04 Å². The highest BCUT2D eigenvalue weighted by atomic mass is 16.5. The Labute approximate surface area is 129 Å². The van der Waals surface area contributed by atoms with E-state index in [0.717, 1.165) is 31.4 Å². The van der Waals surface area contributed by atoms with E-state index in [1.54, 1.807) is 0 Å². The third-order valence-corrected chi connectivity index (χ3v) is 5.25. The number of rotatable bonds is 4. The van der Waals surface area contributed by atoms with Crippen LogP contribution in [0.15, 0.2) is 18.2 Å². The number of nitrogens with one attached hydrogen (secondary N) is 1. The standard InChI is InChI=1S/C19H29NO/c1-3-20-18(15-11-9-14(2)10-12-15)17-8-4-6-16-7-5-13-21-19(16)17/h4,6,8,14-15,18,20H,3,5,7,9-13H2,1-2H3. The summed E-state index contributed by atoms with van der Waals surface area (Å²) in [5.41, 5.74) is 2.82. The summed E-state index contributed by atoms with van der Waals surface area (Å²) in [4.78, 5) is 0. The van der Waals surface area contributed by atoms with Crippen molar-refractivity contribution in [3.63, 3.8) is 0 Å². The topological polar surface area (TPSA) is 21.3 Å². The maximum Gasteiger partial charge on any atom is 0.127 e. The molecule has 3 rings (SSSR count). The van der Waals surface area contributed by atoms with Crippen LogP contribution in [-0.2, 0) is 6.42 Å². The molecule has 0 radical (unpaired) electrons. The van der Waals surface area contributed by atoms with Gasteiger partial charge in [-0.25, -0.2) is 0 Å². The summed E-state index contributed by atoms with van der Waals surface area (Å²) in [5, 5.41) is 3.75. The van der Waals surface area contributed by atoms with Gasteiger partial charge in [-0.15, -0.1) is 0 Å². The first-order valence-electron chi connectivity index (χ1n) is 8.77. The van der Waals surface area contributed by atoms with Crippen LogP contribution in [-0.4, -0.2) is 13.2 Å². The summed E-state index contributed by atoms with van der Waals surface area (Å²) in [6.07, 6.45) is 7.78. The lowest BCUT2D eigenvalue weighted by Crippen LogP contribution is -2.31. The molecular formula is C19H29NO. The molecule has 116 valence electrons. The van der Waals surface area contributed by atoms with Crippen molar-refractivity contribution in [3.05, 3.63) is 29.3 Å². The van der Waals surface area contributed by atoms with Crippen LogP contribution in [0.25, 0.3) is 0 Å². The molecule has 2 aliphatic rings. The fourth-order valence-corrected chi connectivity index (χ4v) is 4.03. The Bertz CT molecular complexity index is 463. The van der Waals surface area contributed by atoms with Crippen molar-refractivity contribution in [3.8, 4) is 5.75 Å². The second-order valence-electron chi connectivity index (χ2n) is 6.84. The van der Waals surface area contributed by atoms with Gasteiger partial charge in [-0.1, -0.05) is 44.9 Å². The van der Waals surface area contributed by atoms with Crippen LogP contribution in [0.2, 0.25) is 0 Å². The van der Waals surface area contributed by atoms with E-state index in [2.05, 4.69) is 37.4 Å². The first-order chi connectivity index (χ1) is 10.3. The first kappa shape index (κ1) is 14.9. The molecule has 1 aromatic rings. The minimum Gasteiger partial charge on any atom is -0.493 e. The fourth-order valence-electron chi connectivity index (χ4n) is 4.03. The van der Waals surface area contributed by atoms with E-state index >= 15 is 0 Å². The summed E-state index contributed by atoms with van der Waals surface area (Å²) in [7, 11) is 0. The summed E-state index contributed by atoms with van der Waals surface area (Å²) in [5.74, 6) is 2.86. The normalized spacial score (nSPS) is 26.8. The minimum atomic E-state index is 0.468. The van der Waals surface area contributed by atoms with E-state index in [4.69, 9.17) is 4.74 Å². The molecule has 0 amide bonds. The Hall–Kier alpha value is -1.02. The maximum absolute atomic E-state index is 6.05.